The third-order valence-electron chi connectivity index (χ3n) is 4.03. The number of likely N-dealkylation sites (tertiary alicyclic amines) is 1. The lowest BCUT2D eigenvalue weighted by molar-refractivity contribution is 0.0791. The standard InChI is InChI=1S/C17H20FN3O/c1-12(2)16-15(17(22)20-8-3-4-9-20)11-19-21(16)14-7-5-6-13(18)10-14/h5-7,10-12H,3-4,8-9H2,1-2H3. The Labute approximate surface area is 129 Å². The number of carbonyl (C=O) groups is 1. The van der Waals surface area contributed by atoms with Gasteiger partial charge in [-0.15, -0.1) is 0 Å². The number of amides is 1. The van der Waals surface area contributed by atoms with Crippen LogP contribution in [0.25, 0.3) is 5.69 Å². The van der Waals surface area contributed by atoms with Gasteiger partial charge in [-0.05, 0) is 37.0 Å². The van der Waals surface area contributed by atoms with E-state index in [2.05, 4.69) is 5.10 Å². The normalized spacial score (nSPS) is 14.8. The second-order valence-electron chi connectivity index (χ2n) is 5.99. The van der Waals surface area contributed by atoms with Crippen LogP contribution < -0.4 is 0 Å². The summed E-state index contributed by atoms with van der Waals surface area (Å²) in [4.78, 5) is 14.6. The van der Waals surface area contributed by atoms with E-state index < -0.39 is 0 Å². The molecule has 0 unspecified atom stereocenters. The zero-order valence-corrected chi connectivity index (χ0v) is 12.9. The van der Waals surface area contributed by atoms with Crippen LogP contribution in [0.5, 0.6) is 0 Å². The molecule has 22 heavy (non-hydrogen) atoms. The Kier molecular flexibility index (Phi) is 3.96. The van der Waals surface area contributed by atoms with Gasteiger partial charge in [-0.3, -0.25) is 4.79 Å². The smallest absolute Gasteiger partial charge is 0.257 e. The summed E-state index contributed by atoms with van der Waals surface area (Å²) in [5.74, 6) is -0.161. The van der Waals surface area contributed by atoms with Crippen LogP contribution in [0.15, 0.2) is 30.5 Å². The number of rotatable bonds is 3. The van der Waals surface area contributed by atoms with Gasteiger partial charge in [0, 0.05) is 13.1 Å². The van der Waals surface area contributed by atoms with Gasteiger partial charge in [-0.2, -0.15) is 5.10 Å². The van der Waals surface area contributed by atoms with E-state index in [-0.39, 0.29) is 17.6 Å². The van der Waals surface area contributed by atoms with Crippen LogP contribution >= 0.6 is 0 Å². The van der Waals surface area contributed by atoms with Crippen LogP contribution in [0.3, 0.4) is 0 Å². The molecule has 2 aromatic rings. The van der Waals surface area contributed by atoms with Crippen molar-refractivity contribution in [3.05, 3.63) is 47.5 Å². The van der Waals surface area contributed by atoms with Crippen LogP contribution in [-0.2, 0) is 0 Å². The summed E-state index contributed by atoms with van der Waals surface area (Å²) in [6, 6.07) is 6.28. The summed E-state index contributed by atoms with van der Waals surface area (Å²) in [6.45, 7) is 5.66. The summed E-state index contributed by atoms with van der Waals surface area (Å²) in [7, 11) is 0. The van der Waals surface area contributed by atoms with E-state index in [4.69, 9.17) is 0 Å². The highest BCUT2D eigenvalue weighted by Crippen LogP contribution is 2.25. The van der Waals surface area contributed by atoms with Crippen molar-refractivity contribution in [3.8, 4) is 5.69 Å². The molecule has 1 aliphatic heterocycles. The molecular weight excluding hydrogens is 281 g/mol. The van der Waals surface area contributed by atoms with Crippen molar-refractivity contribution in [2.24, 2.45) is 0 Å². The number of benzene rings is 1. The van der Waals surface area contributed by atoms with Crippen molar-refractivity contribution in [2.75, 3.05) is 13.1 Å². The van der Waals surface area contributed by atoms with Crippen LogP contribution in [0.1, 0.15) is 48.7 Å². The van der Waals surface area contributed by atoms with Crippen molar-refractivity contribution in [3.63, 3.8) is 0 Å². The fourth-order valence-electron chi connectivity index (χ4n) is 2.98. The first-order valence-corrected chi connectivity index (χ1v) is 7.71. The van der Waals surface area contributed by atoms with Gasteiger partial charge < -0.3 is 4.90 Å². The highest BCUT2D eigenvalue weighted by Gasteiger charge is 2.26. The first-order valence-electron chi connectivity index (χ1n) is 7.71. The Bertz CT molecular complexity index is 687. The van der Waals surface area contributed by atoms with Gasteiger partial charge in [0.15, 0.2) is 0 Å². The average Bonchev–Trinajstić information content (AvgIpc) is 3.16. The SMILES string of the molecule is CC(C)c1c(C(=O)N2CCCC2)cnn1-c1cccc(F)c1. The molecule has 3 rings (SSSR count). The van der Waals surface area contributed by atoms with Gasteiger partial charge in [0.05, 0.1) is 23.1 Å². The Hall–Kier alpha value is -2.17. The first-order chi connectivity index (χ1) is 10.6. The van der Waals surface area contributed by atoms with Crippen LogP contribution in [0, 0.1) is 5.82 Å². The monoisotopic (exact) mass is 301 g/mol. The van der Waals surface area contributed by atoms with Gasteiger partial charge in [0.1, 0.15) is 5.82 Å². The molecule has 0 aliphatic carbocycles. The topological polar surface area (TPSA) is 38.1 Å². The molecule has 1 fully saturated rings. The predicted molar refractivity (Wildman–Crippen MR) is 82.7 cm³/mol. The average molecular weight is 301 g/mol. The van der Waals surface area contributed by atoms with E-state index in [1.165, 1.54) is 12.1 Å². The Morgan fingerprint density at radius 2 is 2.00 bits per heavy atom. The molecule has 2 heterocycles. The zero-order valence-electron chi connectivity index (χ0n) is 12.9. The number of nitrogens with zero attached hydrogens (tertiary/aromatic N) is 3. The molecule has 0 bridgehead atoms. The maximum Gasteiger partial charge on any atom is 0.257 e. The third kappa shape index (κ3) is 2.63. The summed E-state index contributed by atoms with van der Waals surface area (Å²) in [5, 5.41) is 4.34. The van der Waals surface area contributed by atoms with Crippen LogP contribution in [0.4, 0.5) is 4.39 Å². The van der Waals surface area contributed by atoms with E-state index >= 15 is 0 Å². The molecule has 0 saturated carbocycles. The first kappa shape index (κ1) is 14.8. The van der Waals surface area contributed by atoms with Gasteiger partial charge in [-0.25, -0.2) is 9.07 Å². The molecule has 0 radical (unpaired) electrons. The van der Waals surface area contributed by atoms with Gasteiger partial charge in [-0.1, -0.05) is 19.9 Å². The maximum atomic E-state index is 13.5. The molecule has 0 spiro atoms. The van der Waals surface area contributed by atoms with Gasteiger partial charge in [0.2, 0.25) is 0 Å². The van der Waals surface area contributed by atoms with Crippen LogP contribution in [-0.4, -0.2) is 33.7 Å². The molecule has 0 atom stereocenters. The highest BCUT2D eigenvalue weighted by atomic mass is 19.1. The fraction of sp³-hybridized carbons (Fsp3) is 0.412. The van der Waals surface area contributed by atoms with E-state index in [9.17, 15) is 9.18 Å². The minimum absolute atomic E-state index is 0.0313. The molecule has 1 aliphatic rings. The second kappa shape index (κ2) is 5.91. The van der Waals surface area contributed by atoms with Gasteiger partial charge in [0.25, 0.3) is 5.91 Å². The van der Waals surface area contributed by atoms with Crippen molar-refractivity contribution in [1.29, 1.82) is 0 Å². The summed E-state index contributed by atoms with van der Waals surface area (Å²) < 4.78 is 15.2. The number of hydrogen-bond acceptors (Lipinski definition) is 2. The summed E-state index contributed by atoms with van der Waals surface area (Å²) in [5.41, 5.74) is 2.10. The third-order valence-corrected chi connectivity index (χ3v) is 4.03. The van der Waals surface area contributed by atoms with E-state index in [1.54, 1.807) is 23.0 Å². The minimum Gasteiger partial charge on any atom is -0.339 e. The molecule has 1 amide bonds. The Balaban J connectivity index is 2.04. The van der Waals surface area contributed by atoms with Crippen molar-refractivity contribution in [1.82, 2.24) is 14.7 Å². The molecular formula is C17H20FN3O. The molecule has 1 saturated heterocycles. The van der Waals surface area contributed by atoms with Crippen molar-refractivity contribution in [2.45, 2.75) is 32.6 Å². The Morgan fingerprint density at radius 3 is 2.64 bits per heavy atom. The van der Waals surface area contributed by atoms with Crippen molar-refractivity contribution < 1.29 is 9.18 Å². The lowest BCUT2D eigenvalue weighted by Crippen LogP contribution is -2.28. The van der Waals surface area contributed by atoms with E-state index in [0.717, 1.165) is 31.6 Å². The maximum absolute atomic E-state index is 13.5. The molecule has 1 aromatic heterocycles. The minimum atomic E-state index is -0.310. The lowest BCUT2D eigenvalue weighted by Gasteiger charge is -2.17. The van der Waals surface area contributed by atoms with Gasteiger partial charge >= 0.3 is 0 Å². The van der Waals surface area contributed by atoms with Crippen LogP contribution in [0.2, 0.25) is 0 Å². The number of carbonyl (C=O) groups excluding carboxylic acids is 1. The predicted octanol–water partition coefficient (Wildman–Crippen LogP) is 3.37. The molecule has 116 valence electrons. The second-order valence-corrected chi connectivity index (χ2v) is 5.99. The zero-order chi connectivity index (χ0) is 15.7. The Morgan fingerprint density at radius 1 is 1.27 bits per heavy atom. The molecule has 4 nitrogen and oxygen atoms in total. The fourth-order valence-corrected chi connectivity index (χ4v) is 2.98. The molecule has 1 aromatic carbocycles. The molecule has 5 heteroatoms. The van der Waals surface area contributed by atoms with Crippen molar-refractivity contribution >= 4 is 5.91 Å². The summed E-state index contributed by atoms with van der Waals surface area (Å²) in [6.07, 6.45) is 3.72. The van der Waals surface area contributed by atoms with E-state index in [1.807, 2.05) is 18.7 Å². The van der Waals surface area contributed by atoms with E-state index in [0.29, 0.717) is 11.3 Å². The lowest BCUT2D eigenvalue weighted by atomic mass is 10.0. The number of aromatic nitrogens is 2. The molecule has 0 N–H and O–H groups in total. The number of halogens is 1. The number of hydrogen-bond donors (Lipinski definition) is 0. The highest BCUT2D eigenvalue weighted by molar-refractivity contribution is 5.95. The summed E-state index contributed by atoms with van der Waals surface area (Å²) >= 11 is 0. The quantitative estimate of drug-likeness (QED) is 0.871. The largest absolute Gasteiger partial charge is 0.339 e.